The molecule has 0 unspecified atom stereocenters. The predicted molar refractivity (Wildman–Crippen MR) is 86.9 cm³/mol. The smallest absolute Gasteiger partial charge is 0.310 e. The van der Waals surface area contributed by atoms with Gasteiger partial charge in [0.15, 0.2) is 12.4 Å². The van der Waals surface area contributed by atoms with Gasteiger partial charge in [-0.25, -0.2) is 0 Å². The van der Waals surface area contributed by atoms with Crippen LogP contribution in [0.2, 0.25) is 5.02 Å². The van der Waals surface area contributed by atoms with E-state index in [1.807, 2.05) is 6.92 Å². The van der Waals surface area contributed by atoms with Gasteiger partial charge in [0.1, 0.15) is 0 Å². The van der Waals surface area contributed by atoms with Crippen LogP contribution < -0.4 is 4.74 Å². The van der Waals surface area contributed by atoms with Gasteiger partial charge in [0.05, 0.1) is 4.92 Å². The van der Waals surface area contributed by atoms with Crippen molar-refractivity contribution in [1.29, 1.82) is 0 Å². The predicted octanol–water partition coefficient (Wildman–Crippen LogP) is 4.19. The van der Waals surface area contributed by atoms with Crippen LogP contribution in [-0.2, 0) is 6.61 Å². The molecular weight excluding hydrogens is 334 g/mol. The standard InChI is InChI=1S/C16H12ClN3O4/c1-10-5-6-13(20(21)22)14(7-10)23-9-15-18-16(19-24-15)11-3-2-4-12(17)8-11/h2-8H,9H2,1H3. The van der Waals surface area contributed by atoms with E-state index >= 15 is 0 Å². The maximum absolute atomic E-state index is 11.0. The number of rotatable bonds is 5. The van der Waals surface area contributed by atoms with Crippen molar-refractivity contribution in [2.45, 2.75) is 13.5 Å². The van der Waals surface area contributed by atoms with Crippen LogP contribution in [0.5, 0.6) is 5.75 Å². The number of nitro benzene ring substituents is 1. The summed E-state index contributed by atoms with van der Waals surface area (Å²) in [5.41, 5.74) is 1.44. The highest BCUT2D eigenvalue weighted by molar-refractivity contribution is 6.30. The van der Waals surface area contributed by atoms with Crippen molar-refractivity contribution in [2.24, 2.45) is 0 Å². The molecule has 0 aliphatic rings. The molecule has 122 valence electrons. The number of halogens is 1. The Hall–Kier alpha value is -2.93. The van der Waals surface area contributed by atoms with Crippen molar-refractivity contribution in [2.75, 3.05) is 0 Å². The van der Waals surface area contributed by atoms with Crippen LogP contribution in [0, 0.1) is 17.0 Å². The van der Waals surface area contributed by atoms with Crippen LogP contribution >= 0.6 is 11.6 Å². The third kappa shape index (κ3) is 3.52. The molecule has 0 amide bonds. The van der Waals surface area contributed by atoms with Crippen molar-refractivity contribution in [1.82, 2.24) is 10.1 Å². The normalized spacial score (nSPS) is 10.6. The van der Waals surface area contributed by atoms with Crippen LogP contribution in [0.25, 0.3) is 11.4 Å². The monoisotopic (exact) mass is 345 g/mol. The second-order valence-electron chi connectivity index (χ2n) is 5.04. The molecule has 0 aliphatic heterocycles. The molecule has 0 atom stereocenters. The molecule has 0 N–H and O–H groups in total. The second-order valence-corrected chi connectivity index (χ2v) is 5.48. The highest BCUT2D eigenvalue weighted by Gasteiger charge is 2.16. The zero-order chi connectivity index (χ0) is 17.1. The Bertz CT molecular complexity index is 895. The third-order valence-corrected chi connectivity index (χ3v) is 3.45. The number of benzene rings is 2. The molecule has 24 heavy (non-hydrogen) atoms. The van der Waals surface area contributed by atoms with Crippen LogP contribution in [0.15, 0.2) is 47.0 Å². The molecule has 0 saturated carbocycles. The first-order chi connectivity index (χ1) is 11.5. The molecule has 3 aromatic rings. The van der Waals surface area contributed by atoms with Gasteiger partial charge in [-0.1, -0.05) is 35.0 Å². The Kier molecular flexibility index (Phi) is 4.43. The van der Waals surface area contributed by atoms with Crippen molar-refractivity contribution in [3.8, 4) is 17.1 Å². The van der Waals surface area contributed by atoms with E-state index in [0.29, 0.717) is 16.4 Å². The number of aromatic nitrogens is 2. The fourth-order valence-electron chi connectivity index (χ4n) is 2.09. The molecule has 1 aromatic heterocycles. The molecule has 0 spiro atoms. The van der Waals surface area contributed by atoms with E-state index in [4.69, 9.17) is 20.9 Å². The summed E-state index contributed by atoms with van der Waals surface area (Å²) in [5.74, 6) is 0.734. The van der Waals surface area contributed by atoms with Crippen LogP contribution in [-0.4, -0.2) is 15.1 Å². The molecule has 0 aliphatic carbocycles. The summed E-state index contributed by atoms with van der Waals surface area (Å²) in [4.78, 5) is 14.7. The summed E-state index contributed by atoms with van der Waals surface area (Å²) in [6.45, 7) is 1.75. The molecule has 3 rings (SSSR count). The van der Waals surface area contributed by atoms with E-state index in [1.54, 1.807) is 36.4 Å². The number of nitro groups is 1. The fraction of sp³-hybridized carbons (Fsp3) is 0.125. The Morgan fingerprint density at radius 2 is 2.12 bits per heavy atom. The Morgan fingerprint density at radius 3 is 2.88 bits per heavy atom. The van der Waals surface area contributed by atoms with Crippen LogP contribution in [0.3, 0.4) is 0 Å². The minimum atomic E-state index is -0.500. The van der Waals surface area contributed by atoms with Gasteiger partial charge in [0.25, 0.3) is 5.89 Å². The van der Waals surface area contributed by atoms with Gasteiger partial charge >= 0.3 is 5.69 Å². The SMILES string of the molecule is Cc1ccc([N+](=O)[O-])c(OCc2nc(-c3cccc(Cl)c3)no2)c1. The molecule has 2 aromatic carbocycles. The lowest BCUT2D eigenvalue weighted by Crippen LogP contribution is -2.00. The summed E-state index contributed by atoms with van der Waals surface area (Å²) in [6.07, 6.45) is 0. The minimum absolute atomic E-state index is 0.0716. The Balaban J connectivity index is 1.77. The molecule has 7 nitrogen and oxygen atoms in total. The van der Waals surface area contributed by atoms with Gasteiger partial charge < -0.3 is 9.26 Å². The van der Waals surface area contributed by atoms with Gasteiger partial charge in [-0.05, 0) is 30.7 Å². The van der Waals surface area contributed by atoms with E-state index in [2.05, 4.69) is 10.1 Å². The summed E-state index contributed by atoms with van der Waals surface area (Å²) >= 11 is 5.93. The molecular formula is C16H12ClN3O4. The molecule has 0 bridgehead atoms. The highest BCUT2D eigenvalue weighted by atomic mass is 35.5. The zero-order valence-corrected chi connectivity index (χ0v) is 13.4. The Labute approximate surface area is 142 Å². The summed E-state index contributed by atoms with van der Waals surface area (Å²) in [6, 6.07) is 11.7. The van der Waals surface area contributed by atoms with Gasteiger partial charge in [-0.15, -0.1) is 0 Å². The van der Waals surface area contributed by atoms with Gasteiger partial charge in [0, 0.05) is 16.7 Å². The van der Waals surface area contributed by atoms with Crippen molar-refractivity contribution in [3.63, 3.8) is 0 Å². The average Bonchev–Trinajstić information content (AvgIpc) is 3.01. The van der Waals surface area contributed by atoms with E-state index in [-0.39, 0.29) is 23.9 Å². The molecule has 0 radical (unpaired) electrons. The summed E-state index contributed by atoms with van der Waals surface area (Å²) < 4.78 is 10.6. The van der Waals surface area contributed by atoms with E-state index < -0.39 is 4.92 Å². The molecule has 1 heterocycles. The quantitative estimate of drug-likeness (QED) is 0.508. The third-order valence-electron chi connectivity index (χ3n) is 3.21. The lowest BCUT2D eigenvalue weighted by molar-refractivity contribution is -0.386. The Morgan fingerprint density at radius 1 is 1.29 bits per heavy atom. The minimum Gasteiger partial charge on any atom is -0.477 e. The second kappa shape index (κ2) is 6.67. The number of hydrogen-bond acceptors (Lipinski definition) is 6. The van der Waals surface area contributed by atoms with E-state index in [1.165, 1.54) is 6.07 Å². The number of nitrogens with zero attached hydrogens (tertiary/aromatic N) is 3. The van der Waals surface area contributed by atoms with Crippen LogP contribution in [0.4, 0.5) is 5.69 Å². The summed E-state index contributed by atoms with van der Waals surface area (Å²) in [7, 11) is 0. The number of aryl methyl sites for hydroxylation is 1. The number of hydrogen-bond donors (Lipinski definition) is 0. The fourth-order valence-corrected chi connectivity index (χ4v) is 2.28. The lowest BCUT2D eigenvalue weighted by atomic mass is 10.2. The summed E-state index contributed by atoms with van der Waals surface area (Å²) in [5, 5.41) is 15.4. The maximum atomic E-state index is 11.0. The van der Waals surface area contributed by atoms with Crippen molar-refractivity contribution < 1.29 is 14.2 Å². The maximum Gasteiger partial charge on any atom is 0.310 e. The topological polar surface area (TPSA) is 91.3 Å². The van der Waals surface area contributed by atoms with Gasteiger partial charge in [-0.2, -0.15) is 4.98 Å². The first-order valence-electron chi connectivity index (χ1n) is 6.99. The van der Waals surface area contributed by atoms with Crippen LogP contribution in [0.1, 0.15) is 11.5 Å². The van der Waals surface area contributed by atoms with Gasteiger partial charge in [0.2, 0.25) is 5.82 Å². The van der Waals surface area contributed by atoms with Crippen molar-refractivity contribution in [3.05, 3.63) is 69.1 Å². The highest BCUT2D eigenvalue weighted by Crippen LogP contribution is 2.28. The van der Waals surface area contributed by atoms with E-state index in [9.17, 15) is 10.1 Å². The van der Waals surface area contributed by atoms with E-state index in [0.717, 1.165) is 5.56 Å². The van der Waals surface area contributed by atoms with Gasteiger partial charge in [-0.3, -0.25) is 10.1 Å². The molecule has 0 saturated heterocycles. The van der Waals surface area contributed by atoms with Crippen molar-refractivity contribution >= 4 is 17.3 Å². The molecule has 0 fully saturated rings. The zero-order valence-electron chi connectivity index (χ0n) is 12.6. The first kappa shape index (κ1) is 15.9. The average molecular weight is 346 g/mol. The largest absolute Gasteiger partial charge is 0.477 e. The molecule has 8 heteroatoms. The number of ether oxygens (including phenoxy) is 1. The lowest BCUT2D eigenvalue weighted by Gasteiger charge is -2.04. The first-order valence-corrected chi connectivity index (χ1v) is 7.37.